The molecular weight excluding hydrogens is 800 g/mol. The van der Waals surface area contributed by atoms with Crippen molar-refractivity contribution in [3.8, 4) is 17.1 Å². The molecule has 0 spiro atoms. The zero-order valence-corrected chi connectivity index (χ0v) is 33.9. The second kappa shape index (κ2) is 24.5. The average Bonchev–Trinajstić information content (AvgIpc) is 3.75. The lowest BCUT2D eigenvalue weighted by Crippen LogP contribution is -2.49. The standard InChI is InChI=1S/C39H43B3FN4O14/c1-5-7-8-11-24(28(6-2)47(21-48)61-39(55)34-22(3)10-9-12-26(34)43)35(51)44-20-45-37(53)30-16-15-29(57-30)23-13-14-25(31(17-23)56-19-33(50)59-41)36(52)46-27(18-32(49)58-40)38(54)60-42-4/h9-10,12-17,21,24,27-28H,5-8,11,18-20H2,1-4H3,(H,44,51)(H,45,53)(H,46,52)/t24-,27+,28-/m1/s1. The highest BCUT2D eigenvalue weighted by Crippen LogP contribution is 2.30. The molecule has 4 amide bonds. The van der Waals surface area contributed by atoms with E-state index in [1.807, 2.05) is 6.92 Å². The van der Waals surface area contributed by atoms with Crippen molar-refractivity contribution in [3.05, 3.63) is 76.8 Å². The first-order valence-corrected chi connectivity index (χ1v) is 18.9. The minimum absolute atomic E-state index is 0.0916. The summed E-state index contributed by atoms with van der Waals surface area (Å²) in [5.74, 6) is -8.48. The van der Waals surface area contributed by atoms with E-state index in [0.29, 0.717) is 23.5 Å². The Kier molecular flexibility index (Phi) is 19.6. The number of amides is 4. The van der Waals surface area contributed by atoms with Crippen LogP contribution >= 0.6 is 0 Å². The molecule has 3 rings (SSSR count). The van der Waals surface area contributed by atoms with Gasteiger partial charge in [0.25, 0.3) is 17.8 Å². The third kappa shape index (κ3) is 14.0. The predicted molar refractivity (Wildman–Crippen MR) is 214 cm³/mol. The highest BCUT2D eigenvalue weighted by molar-refractivity contribution is 6.28. The fourth-order valence-corrected chi connectivity index (χ4v) is 5.99. The number of halogens is 1. The molecule has 3 atom stereocenters. The number of carbonyl (C=O) groups is 8. The van der Waals surface area contributed by atoms with Gasteiger partial charge in [0.1, 0.15) is 28.9 Å². The fraction of sp³-hybridized carbons (Fsp3) is 0.385. The van der Waals surface area contributed by atoms with Gasteiger partial charge in [-0.1, -0.05) is 58.1 Å². The highest BCUT2D eigenvalue weighted by atomic mass is 19.1. The zero-order valence-electron chi connectivity index (χ0n) is 33.9. The first kappa shape index (κ1) is 48.8. The SMILES string of the molecule is [B]OC(=O)COc1cc(-c2ccc(C(=O)NCNC(=O)[C@H](CCCCC)[C@@H](CC)N(C=O)OC(=O)c3c(C)cccc3F)o2)ccc1C(=O)N[C@@H](CC(=O)O[B])C(=O)O[B]C. The Morgan fingerprint density at radius 3 is 2.33 bits per heavy atom. The average molecular weight is 843 g/mol. The molecule has 1 aromatic heterocycles. The van der Waals surface area contributed by atoms with Crippen LogP contribution in [-0.2, 0) is 42.8 Å². The molecule has 0 aliphatic rings. The van der Waals surface area contributed by atoms with Gasteiger partial charge in [0.2, 0.25) is 12.3 Å². The van der Waals surface area contributed by atoms with Gasteiger partial charge in [0, 0.05) is 5.56 Å². The van der Waals surface area contributed by atoms with Crippen LogP contribution in [0.2, 0.25) is 6.82 Å². The van der Waals surface area contributed by atoms with Crippen molar-refractivity contribution in [2.45, 2.75) is 78.2 Å². The molecule has 61 heavy (non-hydrogen) atoms. The number of nitrogens with one attached hydrogen (secondary N) is 3. The molecule has 1 heterocycles. The van der Waals surface area contributed by atoms with Gasteiger partial charge in [-0.05, 0) is 55.7 Å². The van der Waals surface area contributed by atoms with Crippen LogP contribution in [0.3, 0.4) is 0 Å². The van der Waals surface area contributed by atoms with E-state index in [-0.39, 0.29) is 53.5 Å². The Bertz CT molecular complexity index is 2030. The van der Waals surface area contributed by atoms with E-state index in [0.717, 1.165) is 26.4 Å². The van der Waals surface area contributed by atoms with Crippen LogP contribution in [-0.4, -0.2) is 102 Å². The van der Waals surface area contributed by atoms with Gasteiger partial charge in [0.05, 0.1) is 30.6 Å². The number of hydrogen-bond donors (Lipinski definition) is 3. The van der Waals surface area contributed by atoms with Crippen LogP contribution in [0, 0.1) is 18.7 Å². The van der Waals surface area contributed by atoms with Crippen LogP contribution in [0.1, 0.15) is 89.2 Å². The van der Waals surface area contributed by atoms with E-state index in [9.17, 15) is 42.7 Å². The number of benzene rings is 2. The van der Waals surface area contributed by atoms with Crippen molar-refractivity contribution in [1.82, 2.24) is 21.0 Å². The molecule has 3 N–H and O–H groups in total. The molecule has 3 aromatic rings. The fourth-order valence-electron chi connectivity index (χ4n) is 5.99. The monoisotopic (exact) mass is 843 g/mol. The minimum Gasteiger partial charge on any atom is -0.543 e. The molecule has 0 aliphatic heterocycles. The van der Waals surface area contributed by atoms with E-state index >= 15 is 0 Å². The predicted octanol–water partition coefficient (Wildman–Crippen LogP) is 2.73. The van der Waals surface area contributed by atoms with E-state index in [1.54, 1.807) is 6.92 Å². The van der Waals surface area contributed by atoms with Crippen molar-refractivity contribution in [1.29, 1.82) is 0 Å². The van der Waals surface area contributed by atoms with Crippen molar-refractivity contribution in [3.63, 3.8) is 0 Å². The van der Waals surface area contributed by atoms with Crippen LogP contribution in [0.25, 0.3) is 11.3 Å². The summed E-state index contributed by atoms with van der Waals surface area (Å²) in [4.78, 5) is 106. The van der Waals surface area contributed by atoms with Gasteiger partial charge in [-0.3, -0.25) is 33.6 Å². The number of nitrogens with zero attached hydrogens (tertiary/aromatic N) is 1. The molecule has 0 bridgehead atoms. The maximum atomic E-state index is 14.5. The van der Waals surface area contributed by atoms with Crippen molar-refractivity contribution in [2.75, 3.05) is 13.3 Å². The smallest absolute Gasteiger partial charge is 0.378 e. The summed E-state index contributed by atoms with van der Waals surface area (Å²) in [6.07, 6.45) is 2.23. The molecule has 22 heteroatoms. The number of ether oxygens (including phenoxy) is 1. The lowest BCUT2D eigenvalue weighted by Gasteiger charge is -2.32. The lowest BCUT2D eigenvalue weighted by atomic mass is 9.90. The lowest BCUT2D eigenvalue weighted by molar-refractivity contribution is -0.171. The summed E-state index contributed by atoms with van der Waals surface area (Å²) in [7, 11) is 10.8. The number of rotatable bonds is 24. The summed E-state index contributed by atoms with van der Waals surface area (Å²) in [6, 6.07) is 8.21. The Morgan fingerprint density at radius 2 is 1.69 bits per heavy atom. The van der Waals surface area contributed by atoms with Crippen LogP contribution in [0.15, 0.2) is 52.9 Å². The van der Waals surface area contributed by atoms with Gasteiger partial charge >= 0.3 is 41.5 Å². The first-order valence-electron chi connectivity index (χ1n) is 18.9. The number of carbonyl (C=O) groups excluding carboxylic acids is 8. The highest BCUT2D eigenvalue weighted by Gasteiger charge is 2.34. The molecule has 0 fully saturated rings. The van der Waals surface area contributed by atoms with Gasteiger partial charge in [-0.15, -0.1) is 0 Å². The summed E-state index contributed by atoms with van der Waals surface area (Å²) in [5, 5.41) is 8.17. The van der Waals surface area contributed by atoms with E-state index in [1.165, 1.54) is 56.2 Å². The molecule has 0 saturated carbocycles. The number of hydrogen-bond acceptors (Lipinski definition) is 14. The van der Waals surface area contributed by atoms with Gasteiger partial charge in [0.15, 0.2) is 12.4 Å². The van der Waals surface area contributed by atoms with Gasteiger partial charge < -0.3 is 43.9 Å². The summed E-state index contributed by atoms with van der Waals surface area (Å²) < 4.78 is 38.7. The topological polar surface area (TPSA) is 235 Å². The second-order valence-corrected chi connectivity index (χ2v) is 13.1. The molecule has 0 unspecified atom stereocenters. The van der Waals surface area contributed by atoms with E-state index in [2.05, 4.69) is 25.3 Å². The second-order valence-electron chi connectivity index (χ2n) is 13.1. The largest absolute Gasteiger partial charge is 0.543 e. The normalized spacial score (nSPS) is 12.0. The van der Waals surface area contributed by atoms with Crippen LogP contribution < -0.4 is 20.7 Å². The molecule has 0 saturated heterocycles. The summed E-state index contributed by atoms with van der Waals surface area (Å²) in [5.41, 5.74) is -0.0333. The molecule has 5 radical (unpaired) electrons. The number of unbranched alkanes of at least 4 members (excludes halogenated alkanes) is 2. The molecular formula is C39H43B3FN4O14. The van der Waals surface area contributed by atoms with Gasteiger partial charge in [-0.25, -0.2) is 9.18 Å². The Morgan fingerprint density at radius 1 is 0.951 bits per heavy atom. The Balaban J connectivity index is 1.77. The van der Waals surface area contributed by atoms with Crippen molar-refractivity contribution in [2.24, 2.45) is 5.92 Å². The Labute approximate surface area is 354 Å². The zero-order chi connectivity index (χ0) is 45.1. The number of furan rings is 1. The minimum atomic E-state index is -1.54. The summed E-state index contributed by atoms with van der Waals surface area (Å²) >= 11 is 0. The third-order valence-corrected chi connectivity index (χ3v) is 9.04. The summed E-state index contributed by atoms with van der Waals surface area (Å²) in [6.45, 7) is 5.43. The quantitative estimate of drug-likeness (QED) is 0.0387. The maximum Gasteiger partial charge on any atom is 0.378 e. The maximum absolute atomic E-state index is 14.5. The molecule has 2 aromatic carbocycles. The number of aryl methyl sites for hydroxylation is 1. The third-order valence-electron chi connectivity index (χ3n) is 9.04. The molecule has 18 nitrogen and oxygen atoms in total. The van der Waals surface area contributed by atoms with E-state index < -0.39 is 78.4 Å². The van der Waals surface area contributed by atoms with Crippen LogP contribution in [0.4, 0.5) is 4.39 Å². The van der Waals surface area contributed by atoms with Crippen molar-refractivity contribution >= 4 is 71.6 Å². The number of hydroxylamine groups is 2. The molecule has 0 aliphatic carbocycles. The Hall–Kier alpha value is -6.60. The first-order chi connectivity index (χ1) is 29.2. The molecule has 319 valence electrons. The van der Waals surface area contributed by atoms with Gasteiger partial charge in [-0.2, -0.15) is 5.06 Å². The van der Waals surface area contributed by atoms with Crippen molar-refractivity contribution < 1.29 is 70.7 Å². The van der Waals surface area contributed by atoms with E-state index in [4.69, 9.17) is 34.7 Å². The van der Waals surface area contributed by atoms with Crippen LogP contribution in [0.5, 0.6) is 5.75 Å².